The van der Waals surface area contributed by atoms with Crippen LogP contribution in [0.3, 0.4) is 0 Å². The second kappa shape index (κ2) is 2.31. The zero-order valence-corrected chi connectivity index (χ0v) is 6.61. The van der Waals surface area contributed by atoms with Crippen LogP contribution in [0.1, 0.15) is 10.5 Å². The van der Waals surface area contributed by atoms with Crippen molar-refractivity contribution in [1.29, 1.82) is 0 Å². The van der Waals surface area contributed by atoms with Gasteiger partial charge in [-0.15, -0.1) is 11.3 Å². The Hall–Kier alpha value is -1.36. The normalized spacial score (nSPS) is 10.8. The summed E-state index contributed by atoms with van der Waals surface area (Å²) in [5.74, 6) is -1.47. The highest BCUT2D eigenvalue weighted by atomic mass is 32.1. The first-order valence-electron chi connectivity index (χ1n) is 3.17. The van der Waals surface area contributed by atoms with Gasteiger partial charge in [0.1, 0.15) is 5.69 Å². The van der Waals surface area contributed by atoms with Crippen molar-refractivity contribution in [3.63, 3.8) is 0 Å². The maximum Gasteiger partial charge on any atom is 0.352 e. The van der Waals surface area contributed by atoms with E-state index in [9.17, 15) is 9.18 Å². The molecule has 0 radical (unpaired) electrons. The number of hydrogen-bond acceptors (Lipinski definition) is 2. The SMILES string of the molecule is O=C(O)c1cc2scc(F)c2[nH]1. The molecule has 0 aromatic carbocycles. The van der Waals surface area contributed by atoms with Crippen molar-refractivity contribution in [2.24, 2.45) is 0 Å². The van der Waals surface area contributed by atoms with Gasteiger partial charge in [0.15, 0.2) is 5.82 Å². The third-order valence-electron chi connectivity index (χ3n) is 1.54. The van der Waals surface area contributed by atoms with Gasteiger partial charge in [0.2, 0.25) is 0 Å². The topological polar surface area (TPSA) is 53.1 Å². The molecule has 0 aliphatic carbocycles. The molecule has 0 saturated heterocycles. The number of nitrogens with one attached hydrogen (secondary N) is 1. The van der Waals surface area contributed by atoms with E-state index < -0.39 is 11.8 Å². The summed E-state index contributed by atoms with van der Waals surface area (Å²) < 4.78 is 13.4. The number of aromatic amines is 1. The van der Waals surface area contributed by atoms with Gasteiger partial charge in [-0.05, 0) is 6.07 Å². The summed E-state index contributed by atoms with van der Waals surface area (Å²) in [6.45, 7) is 0. The molecule has 62 valence electrons. The number of thiophene rings is 1. The average molecular weight is 185 g/mol. The summed E-state index contributed by atoms with van der Waals surface area (Å²) in [5.41, 5.74) is 0.299. The highest BCUT2D eigenvalue weighted by Crippen LogP contribution is 2.24. The van der Waals surface area contributed by atoms with E-state index in [4.69, 9.17) is 5.11 Å². The number of carbonyl (C=O) groups is 1. The number of rotatable bonds is 1. The molecule has 0 fully saturated rings. The molecular formula is C7H4FNO2S. The van der Waals surface area contributed by atoms with Gasteiger partial charge in [-0.25, -0.2) is 9.18 Å². The molecule has 2 N–H and O–H groups in total. The van der Waals surface area contributed by atoms with Crippen molar-refractivity contribution < 1.29 is 14.3 Å². The predicted octanol–water partition coefficient (Wildman–Crippen LogP) is 2.07. The minimum atomic E-state index is -1.07. The summed E-state index contributed by atoms with van der Waals surface area (Å²) in [4.78, 5) is 12.9. The smallest absolute Gasteiger partial charge is 0.352 e. The predicted molar refractivity (Wildman–Crippen MR) is 43.1 cm³/mol. The Morgan fingerprint density at radius 1 is 1.67 bits per heavy atom. The fourth-order valence-electron chi connectivity index (χ4n) is 0.995. The third kappa shape index (κ3) is 0.902. The molecule has 0 aliphatic heterocycles. The average Bonchev–Trinajstić information content (AvgIpc) is 2.53. The van der Waals surface area contributed by atoms with Crippen molar-refractivity contribution in [3.05, 3.63) is 23.0 Å². The van der Waals surface area contributed by atoms with Gasteiger partial charge in [-0.3, -0.25) is 0 Å². The van der Waals surface area contributed by atoms with Gasteiger partial charge < -0.3 is 10.1 Å². The van der Waals surface area contributed by atoms with E-state index >= 15 is 0 Å². The monoisotopic (exact) mass is 185 g/mol. The van der Waals surface area contributed by atoms with E-state index in [2.05, 4.69) is 4.98 Å². The molecule has 0 aliphatic rings. The van der Waals surface area contributed by atoms with Gasteiger partial charge in [0.25, 0.3) is 0 Å². The van der Waals surface area contributed by atoms with Gasteiger partial charge in [0, 0.05) is 5.38 Å². The number of aromatic nitrogens is 1. The first kappa shape index (κ1) is 7.30. The summed E-state index contributed by atoms with van der Waals surface area (Å²) in [5, 5.41) is 9.89. The highest BCUT2D eigenvalue weighted by molar-refractivity contribution is 7.17. The summed E-state index contributed by atoms with van der Waals surface area (Å²) >= 11 is 1.18. The molecule has 12 heavy (non-hydrogen) atoms. The van der Waals surface area contributed by atoms with Gasteiger partial charge >= 0.3 is 5.97 Å². The molecule has 0 atom stereocenters. The molecular weight excluding hydrogens is 181 g/mol. The van der Waals surface area contributed by atoms with Crippen LogP contribution in [0, 0.1) is 5.82 Å². The van der Waals surface area contributed by atoms with Crippen molar-refractivity contribution >= 4 is 27.5 Å². The van der Waals surface area contributed by atoms with Crippen molar-refractivity contribution in [2.75, 3.05) is 0 Å². The van der Waals surface area contributed by atoms with Crippen LogP contribution in [-0.4, -0.2) is 16.1 Å². The molecule has 0 unspecified atom stereocenters. The lowest BCUT2D eigenvalue weighted by molar-refractivity contribution is 0.0691. The van der Waals surface area contributed by atoms with Gasteiger partial charge in [-0.2, -0.15) is 0 Å². The van der Waals surface area contributed by atoms with Crippen LogP contribution in [0.5, 0.6) is 0 Å². The fraction of sp³-hybridized carbons (Fsp3) is 0. The molecule has 2 aromatic rings. The quantitative estimate of drug-likeness (QED) is 0.714. The molecule has 0 spiro atoms. The molecule has 2 heterocycles. The second-order valence-corrected chi connectivity index (χ2v) is 3.22. The van der Waals surface area contributed by atoms with Crippen molar-refractivity contribution in [3.8, 4) is 0 Å². The molecule has 2 aromatic heterocycles. The van der Waals surface area contributed by atoms with E-state index in [-0.39, 0.29) is 11.2 Å². The lowest BCUT2D eigenvalue weighted by atomic mass is 10.4. The molecule has 2 rings (SSSR count). The van der Waals surface area contributed by atoms with Crippen LogP contribution in [0.2, 0.25) is 0 Å². The number of aromatic carboxylic acids is 1. The maximum absolute atomic E-state index is 12.8. The summed E-state index contributed by atoms with van der Waals surface area (Å²) in [7, 11) is 0. The molecule has 3 nitrogen and oxygen atoms in total. The van der Waals surface area contributed by atoms with Gasteiger partial charge in [0.05, 0.1) is 10.2 Å². The third-order valence-corrected chi connectivity index (χ3v) is 2.44. The summed E-state index contributed by atoms with van der Waals surface area (Å²) in [6.07, 6.45) is 0. The van der Waals surface area contributed by atoms with Crippen molar-refractivity contribution in [2.45, 2.75) is 0 Å². The minimum absolute atomic E-state index is 0.0238. The maximum atomic E-state index is 12.8. The zero-order chi connectivity index (χ0) is 8.72. The Morgan fingerprint density at radius 3 is 3.00 bits per heavy atom. The van der Waals surface area contributed by atoms with Crippen LogP contribution >= 0.6 is 11.3 Å². The van der Waals surface area contributed by atoms with Crippen LogP contribution < -0.4 is 0 Å². The number of halogens is 1. The summed E-state index contributed by atoms with van der Waals surface area (Å²) in [6, 6.07) is 1.42. The zero-order valence-electron chi connectivity index (χ0n) is 5.80. The first-order valence-corrected chi connectivity index (χ1v) is 4.05. The standard InChI is InChI=1S/C7H4FNO2S/c8-3-2-12-5-1-4(7(10)11)9-6(3)5/h1-2,9H,(H,10,11). The largest absolute Gasteiger partial charge is 0.477 e. The number of carboxylic acid groups (broad SMARTS) is 1. The van der Waals surface area contributed by atoms with E-state index in [0.29, 0.717) is 4.70 Å². The molecule has 5 heteroatoms. The Kier molecular flexibility index (Phi) is 1.41. The lowest BCUT2D eigenvalue weighted by Gasteiger charge is -1.83. The Bertz CT molecular complexity index is 445. The minimum Gasteiger partial charge on any atom is -0.477 e. The van der Waals surface area contributed by atoms with Crippen LogP contribution in [0.25, 0.3) is 10.2 Å². The van der Waals surface area contributed by atoms with E-state index in [1.807, 2.05) is 0 Å². The molecule has 0 bridgehead atoms. The molecule has 0 amide bonds. The first-order chi connectivity index (χ1) is 5.68. The lowest BCUT2D eigenvalue weighted by Crippen LogP contribution is -1.95. The van der Waals surface area contributed by atoms with Gasteiger partial charge in [-0.1, -0.05) is 0 Å². The van der Waals surface area contributed by atoms with Crippen molar-refractivity contribution in [1.82, 2.24) is 4.98 Å². The van der Waals surface area contributed by atoms with Crippen LogP contribution in [0.4, 0.5) is 4.39 Å². The Morgan fingerprint density at radius 2 is 2.42 bits per heavy atom. The fourth-order valence-corrected chi connectivity index (χ4v) is 1.80. The number of carboxylic acids is 1. The number of H-pyrrole nitrogens is 1. The second-order valence-electron chi connectivity index (χ2n) is 2.31. The number of fused-ring (bicyclic) bond motifs is 1. The van der Waals surface area contributed by atoms with Crippen LogP contribution in [0.15, 0.2) is 11.4 Å². The van der Waals surface area contributed by atoms with E-state index in [0.717, 1.165) is 0 Å². The molecule has 0 saturated carbocycles. The Labute approximate surface area is 70.4 Å². The van der Waals surface area contributed by atoms with Crippen LogP contribution in [-0.2, 0) is 0 Å². The highest BCUT2D eigenvalue weighted by Gasteiger charge is 2.11. The Balaban J connectivity index is 2.70. The van der Waals surface area contributed by atoms with E-state index in [1.54, 1.807) is 0 Å². The number of hydrogen-bond donors (Lipinski definition) is 2. The van der Waals surface area contributed by atoms with E-state index in [1.165, 1.54) is 22.8 Å².